The Bertz CT molecular complexity index is 1150. The molecule has 1 aliphatic heterocycles. The van der Waals surface area contributed by atoms with Crippen LogP contribution in [0.5, 0.6) is 0 Å². The van der Waals surface area contributed by atoms with E-state index in [4.69, 9.17) is 0 Å². The topological polar surface area (TPSA) is 57.9 Å². The molecule has 0 N–H and O–H groups in total. The van der Waals surface area contributed by atoms with Crippen LogP contribution in [0.25, 0.3) is 4.96 Å². The number of aryl methyl sites for hydroxylation is 2. The molecule has 1 saturated heterocycles. The lowest BCUT2D eigenvalue weighted by Crippen LogP contribution is -2.50. The number of fused-ring (bicyclic) bond motifs is 3. The third-order valence-electron chi connectivity index (χ3n) is 5.79. The summed E-state index contributed by atoms with van der Waals surface area (Å²) in [5.41, 5.74) is 1.42. The molecule has 1 fully saturated rings. The van der Waals surface area contributed by atoms with Crippen molar-refractivity contribution >= 4 is 27.9 Å². The second-order valence-corrected chi connectivity index (χ2v) is 8.57. The molecule has 0 spiro atoms. The number of hydrogen-bond donors (Lipinski definition) is 0. The van der Waals surface area contributed by atoms with Crippen LogP contribution in [-0.4, -0.2) is 46.4 Å². The van der Waals surface area contributed by atoms with Gasteiger partial charge in [-0.2, -0.15) is 0 Å². The quantitative estimate of drug-likeness (QED) is 0.650. The molecule has 1 aliphatic carbocycles. The Morgan fingerprint density at radius 1 is 1.07 bits per heavy atom. The van der Waals surface area contributed by atoms with E-state index in [0.29, 0.717) is 36.8 Å². The first-order chi connectivity index (χ1) is 14.1. The number of rotatable bonds is 2. The molecule has 2 aliphatic rings. The van der Waals surface area contributed by atoms with Crippen LogP contribution in [0.4, 0.5) is 10.1 Å². The molecule has 3 aromatic rings. The predicted octanol–water partition coefficient (Wildman–Crippen LogP) is 2.74. The highest BCUT2D eigenvalue weighted by Gasteiger charge is 2.27. The molecule has 2 aromatic heterocycles. The van der Waals surface area contributed by atoms with E-state index in [1.807, 2.05) is 4.90 Å². The fraction of sp³-hybridized carbons (Fsp3) is 0.381. The van der Waals surface area contributed by atoms with Crippen molar-refractivity contribution in [3.05, 3.63) is 62.8 Å². The maximum atomic E-state index is 14.0. The van der Waals surface area contributed by atoms with Crippen LogP contribution in [0.3, 0.4) is 0 Å². The van der Waals surface area contributed by atoms with Crippen LogP contribution in [0.15, 0.2) is 35.3 Å². The van der Waals surface area contributed by atoms with E-state index in [9.17, 15) is 14.0 Å². The maximum absolute atomic E-state index is 14.0. The number of thiazole rings is 1. The van der Waals surface area contributed by atoms with Crippen molar-refractivity contribution in [2.24, 2.45) is 0 Å². The van der Waals surface area contributed by atoms with Crippen LogP contribution < -0.4 is 10.5 Å². The Morgan fingerprint density at radius 2 is 1.83 bits per heavy atom. The lowest BCUT2D eigenvalue weighted by molar-refractivity contribution is 0.0744. The highest BCUT2D eigenvalue weighted by molar-refractivity contribution is 7.17. The van der Waals surface area contributed by atoms with Crippen LogP contribution in [0.1, 0.15) is 33.8 Å². The van der Waals surface area contributed by atoms with Crippen molar-refractivity contribution in [2.45, 2.75) is 25.7 Å². The van der Waals surface area contributed by atoms with Crippen molar-refractivity contribution in [1.82, 2.24) is 14.3 Å². The molecule has 3 heterocycles. The minimum Gasteiger partial charge on any atom is -0.366 e. The van der Waals surface area contributed by atoms with Crippen LogP contribution in [-0.2, 0) is 12.8 Å². The van der Waals surface area contributed by atoms with Gasteiger partial charge in [0, 0.05) is 42.9 Å². The number of anilines is 1. The molecule has 1 amide bonds. The summed E-state index contributed by atoms with van der Waals surface area (Å²) in [6, 6.07) is 6.66. The smallest absolute Gasteiger partial charge is 0.271 e. The molecule has 0 unspecified atom stereocenters. The number of halogens is 1. The zero-order valence-corrected chi connectivity index (χ0v) is 16.8. The molecule has 0 saturated carbocycles. The minimum absolute atomic E-state index is 0.119. The van der Waals surface area contributed by atoms with E-state index in [2.05, 4.69) is 4.98 Å². The lowest BCUT2D eigenvalue weighted by atomic mass is 10.0. The summed E-state index contributed by atoms with van der Waals surface area (Å²) < 4.78 is 15.7. The normalized spacial score (nSPS) is 16.9. The summed E-state index contributed by atoms with van der Waals surface area (Å²) in [4.78, 5) is 36.0. The molecule has 150 valence electrons. The van der Waals surface area contributed by atoms with Gasteiger partial charge in [0.25, 0.3) is 11.5 Å². The number of para-hydroxylation sites is 1. The summed E-state index contributed by atoms with van der Waals surface area (Å²) in [7, 11) is 0. The Labute approximate surface area is 171 Å². The van der Waals surface area contributed by atoms with Gasteiger partial charge in [0.15, 0.2) is 4.96 Å². The number of nitrogens with zero attached hydrogens (tertiary/aromatic N) is 4. The first-order valence-electron chi connectivity index (χ1n) is 9.94. The van der Waals surface area contributed by atoms with Gasteiger partial charge in [-0.15, -0.1) is 11.3 Å². The van der Waals surface area contributed by atoms with Gasteiger partial charge >= 0.3 is 0 Å². The summed E-state index contributed by atoms with van der Waals surface area (Å²) in [5, 5.41) is 0. The molecule has 0 atom stereocenters. The largest absolute Gasteiger partial charge is 0.366 e. The van der Waals surface area contributed by atoms with Gasteiger partial charge in [0.1, 0.15) is 11.4 Å². The van der Waals surface area contributed by atoms with Crippen LogP contribution in [0, 0.1) is 5.82 Å². The molecule has 29 heavy (non-hydrogen) atoms. The lowest BCUT2D eigenvalue weighted by Gasteiger charge is -2.36. The first-order valence-corrected chi connectivity index (χ1v) is 10.8. The van der Waals surface area contributed by atoms with Crippen molar-refractivity contribution < 1.29 is 9.18 Å². The molecule has 5 rings (SSSR count). The van der Waals surface area contributed by atoms with E-state index in [1.54, 1.807) is 38.8 Å². The van der Waals surface area contributed by atoms with Gasteiger partial charge in [-0.25, -0.2) is 9.37 Å². The van der Waals surface area contributed by atoms with Gasteiger partial charge in [-0.3, -0.25) is 14.0 Å². The Hall–Kier alpha value is -2.74. The Morgan fingerprint density at radius 3 is 2.62 bits per heavy atom. The van der Waals surface area contributed by atoms with Gasteiger partial charge in [0.05, 0.1) is 5.69 Å². The van der Waals surface area contributed by atoms with Gasteiger partial charge in [-0.1, -0.05) is 12.1 Å². The average Bonchev–Trinajstić information content (AvgIpc) is 3.13. The van der Waals surface area contributed by atoms with Crippen molar-refractivity contribution in [2.75, 3.05) is 31.1 Å². The highest BCUT2D eigenvalue weighted by atomic mass is 32.1. The number of piperazine rings is 1. The average molecular weight is 412 g/mol. The monoisotopic (exact) mass is 412 g/mol. The van der Waals surface area contributed by atoms with E-state index in [-0.39, 0.29) is 22.8 Å². The van der Waals surface area contributed by atoms with E-state index in [1.165, 1.54) is 17.1 Å². The molecule has 6 nitrogen and oxygen atoms in total. The van der Waals surface area contributed by atoms with Crippen molar-refractivity contribution in [3.63, 3.8) is 0 Å². The van der Waals surface area contributed by atoms with Crippen molar-refractivity contribution in [1.29, 1.82) is 0 Å². The fourth-order valence-corrected chi connectivity index (χ4v) is 5.41. The summed E-state index contributed by atoms with van der Waals surface area (Å²) >= 11 is 1.55. The van der Waals surface area contributed by atoms with Gasteiger partial charge in [0.2, 0.25) is 0 Å². The highest BCUT2D eigenvalue weighted by Crippen LogP contribution is 2.28. The number of amides is 1. The Kier molecular flexibility index (Phi) is 4.58. The minimum atomic E-state index is -0.291. The molecule has 0 radical (unpaired) electrons. The van der Waals surface area contributed by atoms with E-state index in [0.717, 1.165) is 31.4 Å². The first kappa shape index (κ1) is 18.3. The zero-order valence-electron chi connectivity index (χ0n) is 15.9. The third kappa shape index (κ3) is 3.11. The number of aromatic nitrogens is 2. The zero-order chi connectivity index (χ0) is 20.0. The SMILES string of the molecule is O=C(c1cnc2sc3c(n2c1=O)CCCC3)N1CCN(c2ccccc2F)CC1. The predicted molar refractivity (Wildman–Crippen MR) is 110 cm³/mol. The summed E-state index contributed by atoms with van der Waals surface area (Å²) in [6.45, 7) is 1.93. The number of hydrogen-bond acceptors (Lipinski definition) is 5. The molecule has 0 bridgehead atoms. The molecule has 1 aromatic carbocycles. The third-order valence-corrected chi connectivity index (χ3v) is 6.95. The second kappa shape index (κ2) is 7.26. The van der Waals surface area contributed by atoms with Gasteiger partial charge in [-0.05, 0) is 37.8 Å². The van der Waals surface area contributed by atoms with Gasteiger partial charge < -0.3 is 9.80 Å². The summed E-state index contributed by atoms with van der Waals surface area (Å²) in [6.07, 6.45) is 5.44. The molecular formula is C21H21FN4O2S. The second-order valence-electron chi connectivity index (χ2n) is 7.50. The van der Waals surface area contributed by atoms with Crippen LogP contribution in [0.2, 0.25) is 0 Å². The molecular weight excluding hydrogens is 391 g/mol. The standard InChI is InChI=1S/C21H21FN4O2S/c22-15-5-1-2-6-16(15)24-9-11-25(12-10-24)19(27)14-13-23-21-26(20(14)28)17-7-3-4-8-18(17)29-21/h1-2,5-6,13H,3-4,7-12H2. The van der Waals surface area contributed by atoms with Crippen molar-refractivity contribution in [3.8, 4) is 0 Å². The maximum Gasteiger partial charge on any atom is 0.271 e. The number of carbonyl (C=O) groups excluding carboxylic acids is 1. The summed E-state index contributed by atoms with van der Waals surface area (Å²) in [5.74, 6) is -0.553. The number of carbonyl (C=O) groups is 1. The fourth-order valence-electron chi connectivity index (χ4n) is 4.24. The Balaban J connectivity index is 1.39. The van der Waals surface area contributed by atoms with E-state index >= 15 is 0 Å². The van der Waals surface area contributed by atoms with Crippen LogP contribution >= 0.6 is 11.3 Å². The number of benzene rings is 1. The van der Waals surface area contributed by atoms with E-state index < -0.39 is 0 Å². The molecule has 8 heteroatoms.